The summed E-state index contributed by atoms with van der Waals surface area (Å²) in [6.45, 7) is 11.0. The van der Waals surface area contributed by atoms with Gasteiger partial charge in [-0.1, -0.05) is 52.0 Å². The molecule has 0 aliphatic carbocycles. The van der Waals surface area contributed by atoms with Gasteiger partial charge in [0.1, 0.15) is 6.21 Å². The molecule has 4 aliphatic rings. The topological polar surface area (TPSA) is 183 Å². The monoisotopic (exact) mass is 1430 g/mol. The smallest absolute Gasteiger partial charge is 0.306 e. The van der Waals surface area contributed by atoms with Crippen molar-refractivity contribution < 1.29 is 46.6 Å². The molecule has 17 nitrogen and oxygen atoms in total. The van der Waals surface area contributed by atoms with Crippen molar-refractivity contribution in [2.45, 2.75) is 104 Å². The quantitative estimate of drug-likeness (QED) is 0.0512. The minimum absolute atomic E-state index is 0. The molecular weight excluding hydrogens is 1340 g/mol. The highest BCUT2D eigenvalue weighted by molar-refractivity contribution is 14.1. The van der Waals surface area contributed by atoms with E-state index in [-0.39, 0.29) is 69.4 Å². The Morgan fingerprint density at radius 3 is 1.30 bits per heavy atom. The Kier molecular flexibility index (Phi) is 76.9. The molecule has 0 amide bonds. The van der Waals surface area contributed by atoms with Gasteiger partial charge in [-0.15, -0.1) is 119 Å². The maximum absolute atomic E-state index is 12.4. The first-order valence-corrected chi connectivity index (χ1v) is 33.3. The average Bonchev–Trinajstić information content (AvgIpc) is 3.27. The van der Waals surface area contributed by atoms with E-state index in [2.05, 4.69) is 20.3 Å². The summed E-state index contributed by atoms with van der Waals surface area (Å²) in [5.74, 6) is 3.42. The lowest BCUT2D eigenvalue weighted by Gasteiger charge is -2.39. The molecule has 3 fully saturated rings. The van der Waals surface area contributed by atoms with E-state index in [0.717, 1.165) is 32.2 Å². The van der Waals surface area contributed by atoms with E-state index in [9.17, 15) is 21.1 Å². The maximum Gasteiger partial charge on any atom is 0.534 e. The molecule has 0 aromatic rings. The van der Waals surface area contributed by atoms with Crippen LogP contribution in [0.2, 0.25) is 0 Å². The first-order valence-electron chi connectivity index (χ1n) is 19.9. The fourth-order valence-corrected chi connectivity index (χ4v) is 16.0. The molecule has 0 spiro atoms. The number of nitrogens with one attached hydrogen (secondary N) is 4. The van der Waals surface area contributed by atoms with Crippen molar-refractivity contribution in [2.75, 3.05) is 138 Å². The summed E-state index contributed by atoms with van der Waals surface area (Å²) in [5.41, 5.74) is 0. The summed E-state index contributed by atoms with van der Waals surface area (Å²) in [7, 11) is -11.5. The SMILES string of the molecule is C.C.C.C.C.C.C.CC1CCOP(=O)(NCCCl)N1CCCl.CC1CCOP(=O)(NCCCl)N1CCCl.ClCCl.O=IF.O=P1(NCCCl)OCCC=[N+]1CCCl.O=P1(NCCCl)OCCCN1CCCl. The van der Waals surface area contributed by atoms with Crippen LogP contribution in [0.25, 0.3) is 0 Å². The van der Waals surface area contributed by atoms with Gasteiger partial charge in [0.2, 0.25) is 0 Å². The van der Waals surface area contributed by atoms with E-state index in [1.54, 1.807) is 9.02 Å². The van der Waals surface area contributed by atoms with Crippen LogP contribution in [0.3, 0.4) is 0 Å². The highest BCUT2D eigenvalue weighted by Gasteiger charge is 2.40. The third-order valence-corrected chi connectivity index (χ3v) is 19.2. The Morgan fingerprint density at radius 2 is 0.930 bits per heavy atom. The third-order valence-electron chi connectivity index (χ3n) is 8.47. The van der Waals surface area contributed by atoms with E-state index >= 15 is 0 Å². The second-order valence-electron chi connectivity index (χ2n) is 12.8. The minimum atomic E-state index is -2.90. The molecule has 4 N–H and O–H groups in total. The summed E-state index contributed by atoms with van der Waals surface area (Å²) in [4.78, 5) is 0. The summed E-state index contributed by atoms with van der Waals surface area (Å²) >= 11 is 52.1. The van der Waals surface area contributed by atoms with E-state index in [1.807, 2.05) is 29.4 Å². The molecule has 6 atom stereocenters. The largest absolute Gasteiger partial charge is 0.534 e. The second kappa shape index (κ2) is 58.2. The summed E-state index contributed by atoms with van der Waals surface area (Å²) in [5, 5.41) is 11.6. The molecule has 4 aliphatic heterocycles. The van der Waals surface area contributed by atoms with Gasteiger partial charge in [0.05, 0.1) is 37.6 Å². The third kappa shape index (κ3) is 39.5. The van der Waals surface area contributed by atoms with Crippen LogP contribution < -0.4 is 20.3 Å². The Bertz CT molecular complexity index is 1390. The normalized spacial score (nSPS) is 25.7. The van der Waals surface area contributed by atoms with Gasteiger partial charge in [0.25, 0.3) is 0 Å². The van der Waals surface area contributed by atoms with E-state index in [1.165, 1.54) is 0 Å². The zero-order valence-corrected chi connectivity index (χ0v) is 49.2. The van der Waals surface area contributed by atoms with Crippen molar-refractivity contribution in [3.8, 4) is 0 Å². The highest BCUT2D eigenvalue weighted by atomic mass is 127. The van der Waals surface area contributed by atoms with Gasteiger partial charge in [0, 0.05) is 112 Å². The van der Waals surface area contributed by atoms with Crippen molar-refractivity contribution in [2.24, 2.45) is 0 Å². The average molecular weight is 1430 g/mol. The van der Waals surface area contributed by atoms with Crippen molar-refractivity contribution in [1.29, 1.82) is 0 Å². The summed E-state index contributed by atoms with van der Waals surface area (Å²) in [6.07, 6.45) is 5.29. The number of rotatable bonds is 20. The van der Waals surface area contributed by atoms with Crippen molar-refractivity contribution >= 4 is 175 Å². The van der Waals surface area contributed by atoms with Crippen LogP contribution in [0.15, 0.2) is 0 Å². The maximum atomic E-state index is 12.4. The molecule has 6 unspecified atom stereocenters. The number of nitrogens with zero attached hydrogens (tertiary/aromatic N) is 4. The molecule has 71 heavy (non-hydrogen) atoms. The lowest BCUT2D eigenvalue weighted by molar-refractivity contribution is -0.384. The molecule has 3 saturated heterocycles. The second-order valence-corrected chi connectivity index (χ2v) is 25.5. The van der Waals surface area contributed by atoms with Crippen LogP contribution in [0.5, 0.6) is 0 Å². The van der Waals surface area contributed by atoms with Crippen LogP contribution in [0.1, 0.15) is 91.5 Å². The van der Waals surface area contributed by atoms with E-state index in [0.29, 0.717) is 126 Å². The molecule has 33 heteroatoms. The summed E-state index contributed by atoms with van der Waals surface area (Å²) < 4.78 is 95.7. The van der Waals surface area contributed by atoms with Gasteiger partial charge >= 0.3 is 52.4 Å². The number of hydrogen-bond acceptors (Lipinski definition) is 9. The molecule has 0 aromatic heterocycles. The lowest BCUT2D eigenvalue weighted by atomic mass is 10.2. The fourth-order valence-electron chi connectivity index (χ4n) is 5.68. The molecule has 442 valence electrons. The lowest BCUT2D eigenvalue weighted by Crippen LogP contribution is -2.41. The molecule has 4 heterocycles. The van der Waals surface area contributed by atoms with Gasteiger partial charge in [-0.25, -0.2) is 36.9 Å². The van der Waals surface area contributed by atoms with Crippen LogP contribution >= 0.6 is 168 Å². The van der Waals surface area contributed by atoms with Gasteiger partial charge in [-0.2, -0.15) is 9.43 Å². The number of alkyl halides is 10. The molecule has 4 rings (SSSR count). The summed E-state index contributed by atoms with van der Waals surface area (Å²) in [6, 6.07) is 0.456. The van der Waals surface area contributed by atoms with Crippen LogP contribution in [-0.2, 0) is 39.4 Å². The first-order chi connectivity index (χ1) is 30.6. The molecular formula is C38H93Cl10FIN8O9P4+. The number of halogens is 12. The van der Waals surface area contributed by atoms with Crippen molar-refractivity contribution in [3.63, 3.8) is 0 Å². The fraction of sp³-hybridized carbons (Fsp3) is 0.974. The van der Waals surface area contributed by atoms with E-state index < -0.39 is 52.4 Å². The Morgan fingerprint density at radius 1 is 0.563 bits per heavy atom. The number of hydrogen-bond donors (Lipinski definition) is 4. The molecule has 0 saturated carbocycles. The zero-order chi connectivity index (χ0) is 48.9. The predicted octanol–water partition coefficient (Wildman–Crippen LogP) is 15.2. The Labute approximate surface area is 492 Å². The standard InChI is InChI=1S/2C8H17Cl2N2O2P.C7H15Cl2N2O2P.C7H14Cl2N2O2P.CH2Cl2.7CH4.FIO/c2*1-8-2-7-14-15(13,11-5-3-9)12(8)6-4-10;2*8-2-4-10-14(12)11(6-3-9)5-1-7-13-14;2-1-3;;;;;;;;1-2-3/h2*8H,2-7H2,1H3,(H,11,13);1-7H2,(H,10,12);5H,1-4,6-7H2,(H,10,12);1H2;7*1H4;/q;;;+1;;;;;;;;;. The Hall–Kier alpha value is 3.51. The van der Waals surface area contributed by atoms with Gasteiger partial charge < -0.3 is 13.6 Å². The van der Waals surface area contributed by atoms with Gasteiger partial charge in [0.15, 0.2) is 6.54 Å². The first kappa shape index (κ1) is 93.8. The zero-order valence-electron chi connectivity index (χ0n) is 35.9. The van der Waals surface area contributed by atoms with Gasteiger partial charge in [-0.05, 0) is 33.1 Å². The van der Waals surface area contributed by atoms with Gasteiger partial charge in [-0.3, -0.25) is 18.2 Å². The minimum Gasteiger partial charge on any atom is -0.306 e. The molecule has 0 aromatic carbocycles. The highest BCUT2D eigenvalue weighted by Crippen LogP contribution is 2.52. The van der Waals surface area contributed by atoms with Crippen molar-refractivity contribution in [1.82, 2.24) is 34.4 Å². The van der Waals surface area contributed by atoms with Crippen LogP contribution in [-0.4, -0.2) is 174 Å². The van der Waals surface area contributed by atoms with E-state index in [4.69, 9.17) is 137 Å². The van der Waals surface area contributed by atoms with Crippen LogP contribution in [0.4, 0.5) is 2.86 Å². The Balaban J connectivity index is -0.0000000962. The predicted molar refractivity (Wildman–Crippen MR) is 325 cm³/mol. The van der Waals surface area contributed by atoms with Crippen LogP contribution in [0, 0.1) is 0 Å². The molecule has 0 radical (unpaired) electrons. The van der Waals surface area contributed by atoms with Crippen molar-refractivity contribution in [3.05, 3.63) is 0 Å². The molecule has 0 bridgehead atoms.